The third kappa shape index (κ3) is 2.33. The van der Waals surface area contributed by atoms with E-state index >= 15 is 0 Å². The maximum atomic E-state index is 12.9. The summed E-state index contributed by atoms with van der Waals surface area (Å²) in [5.41, 5.74) is -1.82. The molecule has 1 saturated heterocycles. The lowest BCUT2D eigenvalue weighted by Crippen LogP contribution is -2.30. The molecule has 1 aromatic carbocycles. The number of benzene rings is 1. The van der Waals surface area contributed by atoms with E-state index in [0.29, 0.717) is 12.0 Å². The van der Waals surface area contributed by atoms with Gasteiger partial charge in [0.2, 0.25) is 0 Å². The maximum absolute atomic E-state index is 12.9. The van der Waals surface area contributed by atoms with Crippen molar-refractivity contribution in [3.63, 3.8) is 0 Å². The highest BCUT2D eigenvalue weighted by molar-refractivity contribution is 5.33. The molecule has 0 aliphatic carbocycles. The van der Waals surface area contributed by atoms with Crippen LogP contribution in [0.1, 0.15) is 23.7 Å². The van der Waals surface area contributed by atoms with E-state index in [2.05, 4.69) is 10.2 Å². The number of hydrogen-bond donors (Lipinski definition) is 2. The van der Waals surface area contributed by atoms with Gasteiger partial charge in [-0.3, -0.25) is 0 Å². The first-order chi connectivity index (χ1) is 9.87. The molecule has 21 heavy (non-hydrogen) atoms. The van der Waals surface area contributed by atoms with E-state index in [1.165, 1.54) is 24.3 Å². The zero-order valence-corrected chi connectivity index (χ0v) is 10.8. The van der Waals surface area contributed by atoms with Crippen LogP contribution in [0.2, 0.25) is 0 Å². The molecule has 0 aromatic heterocycles. The lowest BCUT2D eigenvalue weighted by molar-refractivity contribution is -0.166. The topological polar surface area (TPSA) is 74.4 Å². The van der Waals surface area contributed by atoms with E-state index in [0.717, 1.165) is 0 Å². The van der Waals surface area contributed by atoms with Crippen molar-refractivity contribution < 1.29 is 28.1 Å². The van der Waals surface area contributed by atoms with Gasteiger partial charge in [-0.25, -0.2) is 0 Å². The van der Waals surface area contributed by atoms with Crippen LogP contribution in [0.4, 0.5) is 13.2 Å². The van der Waals surface area contributed by atoms with Crippen LogP contribution in [-0.4, -0.2) is 35.2 Å². The summed E-state index contributed by atoms with van der Waals surface area (Å²) in [6.07, 6.45) is -6.14. The smallest absolute Gasteiger partial charge is 0.394 e. The monoisotopic (exact) mass is 302 g/mol. The van der Waals surface area contributed by atoms with Crippen LogP contribution in [-0.2, 0) is 10.4 Å². The van der Waals surface area contributed by atoms with Gasteiger partial charge in [0.15, 0.2) is 0 Å². The van der Waals surface area contributed by atoms with Crippen LogP contribution in [0.25, 0.3) is 0 Å². The van der Waals surface area contributed by atoms with Crippen LogP contribution in [0.15, 0.2) is 34.5 Å². The zero-order valence-electron chi connectivity index (χ0n) is 10.8. The molecule has 114 valence electrons. The van der Waals surface area contributed by atoms with Gasteiger partial charge in [0, 0.05) is 12.0 Å². The number of ether oxygens (including phenoxy) is 1. The summed E-state index contributed by atoms with van der Waals surface area (Å²) in [6.45, 7) is -0.301. The van der Waals surface area contributed by atoms with Crippen molar-refractivity contribution >= 4 is 0 Å². The van der Waals surface area contributed by atoms with Crippen molar-refractivity contribution in [3.8, 4) is 0 Å². The van der Waals surface area contributed by atoms with Crippen molar-refractivity contribution in [1.29, 1.82) is 0 Å². The third-order valence-electron chi connectivity index (χ3n) is 3.78. The quantitative estimate of drug-likeness (QED) is 0.897. The number of alkyl halides is 3. The number of halogens is 3. The molecule has 0 amide bonds. The fraction of sp³-hybridized carbons (Fsp3) is 0.538. The first-order valence-electron chi connectivity index (χ1n) is 6.43. The van der Waals surface area contributed by atoms with E-state index in [4.69, 9.17) is 9.84 Å². The summed E-state index contributed by atoms with van der Waals surface area (Å²) in [6, 6.07) is 5.63. The van der Waals surface area contributed by atoms with Crippen molar-refractivity contribution in [2.24, 2.45) is 10.2 Å². The normalized spacial score (nSPS) is 30.6. The molecule has 2 aliphatic heterocycles. The molecule has 0 unspecified atom stereocenters. The van der Waals surface area contributed by atoms with Gasteiger partial charge >= 0.3 is 11.8 Å². The van der Waals surface area contributed by atoms with Crippen molar-refractivity contribution in [2.45, 2.75) is 36.6 Å². The molecule has 0 spiro atoms. The molecule has 0 saturated carbocycles. The SMILES string of the molecule is OC[C@H]1O[C@@H](c2ccc(C3(C(F)(F)F)N=N3)cc2)C[C@@H]1O. The Labute approximate surface area is 118 Å². The predicted octanol–water partition coefficient (Wildman–Crippen LogP) is 2.05. The Morgan fingerprint density at radius 2 is 1.86 bits per heavy atom. The molecular formula is C13H13F3N2O3. The largest absolute Gasteiger partial charge is 0.442 e. The minimum absolute atomic E-state index is 0.0454. The molecule has 0 bridgehead atoms. The van der Waals surface area contributed by atoms with Gasteiger partial charge < -0.3 is 14.9 Å². The first-order valence-corrected chi connectivity index (χ1v) is 6.43. The highest BCUT2D eigenvalue weighted by atomic mass is 19.4. The number of aliphatic hydroxyl groups is 2. The minimum atomic E-state index is -4.55. The second kappa shape index (κ2) is 4.75. The third-order valence-corrected chi connectivity index (χ3v) is 3.78. The number of aliphatic hydroxyl groups excluding tert-OH is 2. The Balaban J connectivity index is 1.77. The van der Waals surface area contributed by atoms with Crippen LogP contribution in [0.5, 0.6) is 0 Å². The lowest BCUT2D eigenvalue weighted by atomic mass is 9.98. The first kappa shape index (κ1) is 14.4. The van der Waals surface area contributed by atoms with E-state index < -0.39 is 30.2 Å². The summed E-state index contributed by atoms with van der Waals surface area (Å²) in [5, 5.41) is 24.9. The average molecular weight is 302 g/mol. The highest BCUT2D eigenvalue weighted by Gasteiger charge is 2.65. The molecule has 2 N–H and O–H groups in total. The van der Waals surface area contributed by atoms with Crippen molar-refractivity contribution in [3.05, 3.63) is 35.4 Å². The molecular weight excluding hydrogens is 289 g/mol. The van der Waals surface area contributed by atoms with Gasteiger partial charge in [-0.05, 0) is 5.56 Å². The van der Waals surface area contributed by atoms with Gasteiger partial charge in [0.1, 0.15) is 6.10 Å². The Hall–Kier alpha value is -1.51. The number of rotatable bonds is 3. The second-order valence-corrected chi connectivity index (χ2v) is 5.14. The van der Waals surface area contributed by atoms with E-state index in [9.17, 15) is 18.3 Å². The van der Waals surface area contributed by atoms with Gasteiger partial charge in [0.05, 0.1) is 18.8 Å². The number of nitrogens with zero attached hydrogens (tertiary/aromatic N) is 2. The molecule has 3 atom stereocenters. The summed E-state index contributed by atoms with van der Waals surface area (Å²) >= 11 is 0. The predicted molar refractivity (Wildman–Crippen MR) is 64.4 cm³/mol. The summed E-state index contributed by atoms with van der Waals surface area (Å²) < 4.78 is 44.0. The van der Waals surface area contributed by atoms with Gasteiger partial charge in [-0.2, -0.15) is 13.2 Å². The molecule has 5 nitrogen and oxygen atoms in total. The minimum Gasteiger partial charge on any atom is -0.394 e. The van der Waals surface area contributed by atoms with Crippen molar-refractivity contribution in [2.75, 3.05) is 6.61 Å². The summed E-state index contributed by atoms with van der Waals surface area (Å²) in [4.78, 5) is 0. The summed E-state index contributed by atoms with van der Waals surface area (Å²) in [5.74, 6) is 0. The average Bonchev–Trinajstić information content (AvgIpc) is 3.18. The fourth-order valence-electron chi connectivity index (χ4n) is 2.48. The molecule has 2 aliphatic rings. The Bertz CT molecular complexity index is 553. The zero-order chi connectivity index (χ0) is 15.3. The highest BCUT2D eigenvalue weighted by Crippen LogP contribution is 2.52. The van der Waals surface area contributed by atoms with E-state index in [1.54, 1.807) is 0 Å². The molecule has 1 fully saturated rings. The Morgan fingerprint density at radius 3 is 2.29 bits per heavy atom. The molecule has 0 radical (unpaired) electrons. The van der Waals surface area contributed by atoms with Crippen LogP contribution in [0.3, 0.4) is 0 Å². The molecule has 2 heterocycles. The second-order valence-electron chi connectivity index (χ2n) is 5.14. The molecule has 3 rings (SSSR count). The van der Waals surface area contributed by atoms with E-state index in [1.807, 2.05) is 0 Å². The maximum Gasteiger partial charge on any atom is 0.442 e. The number of hydrogen-bond acceptors (Lipinski definition) is 5. The van der Waals surface area contributed by atoms with E-state index in [-0.39, 0.29) is 12.2 Å². The van der Waals surface area contributed by atoms with Crippen LogP contribution >= 0.6 is 0 Å². The molecule has 1 aromatic rings. The van der Waals surface area contributed by atoms with Gasteiger partial charge in [-0.15, -0.1) is 10.2 Å². The van der Waals surface area contributed by atoms with Gasteiger partial charge in [-0.1, -0.05) is 24.3 Å². The van der Waals surface area contributed by atoms with Crippen molar-refractivity contribution in [1.82, 2.24) is 0 Å². The Morgan fingerprint density at radius 1 is 1.24 bits per heavy atom. The fourth-order valence-corrected chi connectivity index (χ4v) is 2.48. The standard InChI is InChI=1S/C13H13F3N2O3/c14-13(15,16)12(17-18-12)8-3-1-7(2-4-8)10-5-9(20)11(6-19)21-10/h1-4,9-11,19-20H,5-6H2/t9-,10+,11+/m0/s1. The Kier molecular flexibility index (Phi) is 3.27. The lowest BCUT2D eigenvalue weighted by Gasteiger charge is -2.16. The van der Waals surface area contributed by atoms with Crippen LogP contribution in [0, 0.1) is 0 Å². The summed E-state index contributed by atoms with van der Waals surface area (Å²) in [7, 11) is 0. The molecule has 8 heteroatoms. The van der Waals surface area contributed by atoms with Gasteiger partial charge in [0.25, 0.3) is 0 Å². The van der Waals surface area contributed by atoms with Crippen LogP contribution < -0.4 is 0 Å².